The van der Waals surface area contributed by atoms with E-state index >= 15 is 0 Å². The number of thiophene rings is 1. The number of benzene rings is 2. The molecule has 3 amide bonds. The molecule has 9 heteroatoms. The molecule has 3 aromatic rings. The molecule has 3 N–H and O–H groups in total. The lowest BCUT2D eigenvalue weighted by Crippen LogP contribution is -2.35. The van der Waals surface area contributed by atoms with Crippen molar-refractivity contribution in [3.8, 4) is 0 Å². The predicted octanol–water partition coefficient (Wildman–Crippen LogP) is 3.45. The largest absolute Gasteiger partial charge is 0.453 e. The first-order chi connectivity index (χ1) is 15.9. The maximum atomic E-state index is 12.8. The van der Waals surface area contributed by atoms with E-state index in [0.717, 1.165) is 10.4 Å². The van der Waals surface area contributed by atoms with Crippen molar-refractivity contribution in [1.82, 2.24) is 4.90 Å². The zero-order chi connectivity index (χ0) is 23.5. The molecule has 33 heavy (non-hydrogen) atoms. The van der Waals surface area contributed by atoms with Gasteiger partial charge in [-0.25, -0.2) is 4.79 Å². The lowest BCUT2D eigenvalue weighted by molar-refractivity contribution is 0.0997. The molecule has 0 aliphatic carbocycles. The number of ether oxygens (including phenoxy) is 1. The summed E-state index contributed by atoms with van der Waals surface area (Å²) >= 11 is 1.21. The van der Waals surface area contributed by atoms with E-state index in [9.17, 15) is 19.2 Å². The summed E-state index contributed by atoms with van der Waals surface area (Å²) in [4.78, 5) is 51.7. The SMILES string of the molecule is COC(=O)N1CCc2c(sc(NC(=O)c3ccc(C(=O)c4ccccc4)cc3)c2C(N)=O)C1. The van der Waals surface area contributed by atoms with Gasteiger partial charge in [-0.15, -0.1) is 11.3 Å². The van der Waals surface area contributed by atoms with E-state index in [0.29, 0.717) is 34.7 Å². The highest BCUT2D eigenvalue weighted by molar-refractivity contribution is 7.17. The van der Waals surface area contributed by atoms with Gasteiger partial charge in [0.1, 0.15) is 5.00 Å². The Balaban J connectivity index is 1.54. The van der Waals surface area contributed by atoms with Crippen molar-refractivity contribution in [3.63, 3.8) is 0 Å². The molecular weight excluding hydrogens is 442 g/mol. The highest BCUT2D eigenvalue weighted by Gasteiger charge is 2.30. The molecule has 8 nitrogen and oxygen atoms in total. The Hall–Kier alpha value is -3.98. The number of hydrogen-bond acceptors (Lipinski definition) is 6. The molecule has 0 saturated heterocycles. The summed E-state index contributed by atoms with van der Waals surface area (Å²) in [6.07, 6.45) is -0.0174. The van der Waals surface area contributed by atoms with Crippen LogP contribution in [-0.4, -0.2) is 42.2 Å². The average molecular weight is 464 g/mol. The Bertz CT molecular complexity index is 1230. The third kappa shape index (κ3) is 4.49. The smallest absolute Gasteiger partial charge is 0.409 e. The summed E-state index contributed by atoms with van der Waals surface area (Å²) in [6.45, 7) is 0.667. The van der Waals surface area contributed by atoms with Crippen molar-refractivity contribution in [3.05, 3.63) is 87.3 Å². The second-order valence-corrected chi connectivity index (χ2v) is 8.55. The quantitative estimate of drug-likeness (QED) is 0.562. The van der Waals surface area contributed by atoms with Crippen molar-refractivity contribution in [2.75, 3.05) is 19.0 Å². The molecule has 2 heterocycles. The van der Waals surface area contributed by atoms with Crippen LogP contribution in [-0.2, 0) is 17.7 Å². The molecular formula is C24H21N3O5S. The number of nitrogens with zero attached hydrogens (tertiary/aromatic N) is 1. The second kappa shape index (κ2) is 9.25. The topological polar surface area (TPSA) is 119 Å². The fraction of sp³-hybridized carbons (Fsp3) is 0.167. The van der Waals surface area contributed by atoms with Crippen LogP contribution in [0.1, 0.15) is 47.1 Å². The van der Waals surface area contributed by atoms with Gasteiger partial charge in [0.25, 0.3) is 11.8 Å². The number of nitrogens with one attached hydrogen (secondary N) is 1. The number of primary amides is 1. The zero-order valence-electron chi connectivity index (χ0n) is 17.8. The van der Waals surface area contributed by atoms with Gasteiger partial charge < -0.3 is 20.7 Å². The minimum Gasteiger partial charge on any atom is -0.453 e. The number of anilines is 1. The summed E-state index contributed by atoms with van der Waals surface area (Å²) in [5, 5.41) is 3.10. The zero-order valence-corrected chi connectivity index (χ0v) is 18.6. The van der Waals surface area contributed by atoms with Crippen LogP contribution < -0.4 is 11.1 Å². The van der Waals surface area contributed by atoms with Crippen LogP contribution >= 0.6 is 11.3 Å². The molecule has 168 valence electrons. The Kier molecular flexibility index (Phi) is 6.23. The molecule has 4 rings (SSSR count). The molecule has 0 radical (unpaired) electrons. The Morgan fingerprint density at radius 2 is 1.61 bits per heavy atom. The second-order valence-electron chi connectivity index (χ2n) is 7.44. The van der Waals surface area contributed by atoms with Gasteiger partial charge in [0.05, 0.1) is 19.2 Å². The molecule has 0 atom stereocenters. The lowest BCUT2D eigenvalue weighted by Gasteiger charge is -2.25. The molecule has 0 unspecified atom stereocenters. The van der Waals surface area contributed by atoms with Gasteiger partial charge in [-0.2, -0.15) is 0 Å². The van der Waals surface area contributed by atoms with E-state index in [1.807, 2.05) is 6.07 Å². The number of rotatable bonds is 5. The highest BCUT2D eigenvalue weighted by Crippen LogP contribution is 2.37. The Labute approximate surface area is 194 Å². The number of carbonyl (C=O) groups excluding carboxylic acids is 4. The fourth-order valence-electron chi connectivity index (χ4n) is 3.74. The van der Waals surface area contributed by atoms with Crippen molar-refractivity contribution in [2.45, 2.75) is 13.0 Å². The van der Waals surface area contributed by atoms with E-state index in [1.54, 1.807) is 48.5 Å². The maximum absolute atomic E-state index is 12.8. The minimum atomic E-state index is -0.641. The first-order valence-corrected chi connectivity index (χ1v) is 11.0. The summed E-state index contributed by atoms with van der Waals surface area (Å²) in [7, 11) is 1.31. The summed E-state index contributed by atoms with van der Waals surface area (Å²) in [5.74, 6) is -1.21. The monoisotopic (exact) mass is 463 g/mol. The maximum Gasteiger partial charge on any atom is 0.409 e. The van der Waals surface area contributed by atoms with Crippen LogP contribution in [0.5, 0.6) is 0 Å². The van der Waals surface area contributed by atoms with E-state index < -0.39 is 17.9 Å². The highest BCUT2D eigenvalue weighted by atomic mass is 32.1. The van der Waals surface area contributed by atoms with Gasteiger partial charge in [-0.1, -0.05) is 42.5 Å². The fourth-order valence-corrected chi connectivity index (χ4v) is 5.01. The van der Waals surface area contributed by atoms with Crippen molar-refractivity contribution in [2.24, 2.45) is 5.73 Å². The van der Waals surface area contributed by atoms with Crippen LogP contribution in [0.2, 0.25) is 0 Å². The van der Waals surface area contributed by atoms with Crippen LogP contribution in [0, 0.1) is 0 Å². The van der Waals surface area contributed by atoms with Gasteiger partial charge in [-0.05, 0) is 24.1 Å². The third-order valence-corrected chi connectivity index (χ3v) is 6.54. The average Bonchev–Trinajstić information content (AvgIpc) is 3.20. The third-order valence-electron chi connectivity index (χ3n) is 5.41. The van der Waals surface area contributed by atoms with Crippen LogP contribution in [0.4, 0.5) is 9.80 Å². The normalized spacial score (nSPS) is 12.6. The first kappa shape index (κ1) is 22.2. The van der Waals surface area contributed by atoms with Crippen molar-refractivity contribution >= 4 is 40.0 Å². The van der Waals surface area contributed by atoms with Crippen LogP contribution in [0.25, 0.3) is 0 Å². The Morgan fingerprint density at radius 3 is 2.24 bits per heavy atom. The molecule has 1 aliphatic rings. The molecule has 0 spiro atoms. The van der Waals surface area contributed by atoms with Gasteiger partial charge in [0.15, 0.2) is 5.78 Å². The number of fused-ring (bicyclic) bond motifs is 1. The van der Waals surface area contributed by atoms with Crippen LogP contribution in [0.15, 0.2) is 54.6 Å². The summed E-state index contributed by atoms with van der Waals surface area (Å²) in [5.41, 5.74) is 7.97. The summed E-state index contributed by atoms with van der Waals surface area (Å²) < 4.78 is 4.77. The number of ketones is 1. The predicted molar refractivity (Wildman–Crippen MR) is 124 cm³/mol. The first-order valence-electron chi connectivity index (χ1n) is 10.2. The molecule has 2 aromatic carbocycles. The molecule has 1 aromatic heterocycles. The van der Waals surface area contributed by atoms with Crippen LogP contribution in [0.3, 0.4) is 0 Å². The van der Waals surface area contributed by atoms with E-state index in [4.69, 9.17) is 10.5 Å². The van der Waals surface area contributed by atoms with Gasteiger partial charge in [0.2, 0.25) is 0 Å². The molecule has 0 fully saturated rings. The molecule has 0 bridgehead atoms. The molecule has 1 aliphatic heterocycles. The Morgan fingerprint density at radius 1 is 0.970 bits per heavy atom. The molecule has 0 saturated carbocycles. The number of nitrogens with two attached hydrogens (primary N) is 1. The number of amides is 3. The van der Waals surface area contributed by atoms with E-state index in [1.165, 1.54) is 23.3 Å². The number of methoxy groups -OCH3 is 1. The van der Waals surface area contributed by atoms with Gasteiger partial charge in [-0.3, -0.25) is 14.4 Å². The minimum absolute atomic E-state index is 0.139. The standard InChI is InChI=1S/C24H21N3O5S/c1-32-24(31)27-12-11-17-18(13-27)33-23(19(17)21(25)29)26-22(30)16-9-7-15(8-10-16)20(28)14-5-3-2-4-6-14/h2-10H,11-13H2,1H3,(H2,25,29)(H,26,30). The number of hydrogen-bond donors (Lipinski definition) is 2. The van der Waals surface area contributed by atoms with Crippen molar-refractivity contribution < 1.29 is 23.9 Å². The van der Waals surface area contributed by atoms with E-state index in [2.05, 4.69) is 5.32 Å². The van der Waals surface area contributed by atoms with Gasteiger partial charge in [0, 0.05) is 28.1 Å². The number of carbonyl (C=O) groups is 4. The van der Waals surface area contributed by atoms with E-state index in [-0.39, 0.29) is 17.9 Å². The summed E-state index contributed by atoms with van der Waals surface area (Å²) in [6, 6.07) is 15.2. The lowest BCUT2D eigenvalue weighted by atomic mass is 10.0. The van der Waals surface area contributed by atoms with Gasteiger partial charge >= 0.3 is 6.09 Å². The van der Waals surface area contributed by atoms with Crippen molar-refractivity contribution in [1.29, 1.82) is 0 Å².